The van der Waals surface area contributed by atoms with Crippen LogP contribution in [0.25, 0.3) is 65.7 Å². The average Bonchev–Trinajstić information content (AvgIpc) is 3.46. The Morgan fingerprint density at radius 2 is 1.02 bits per heavy atom. The third kappa shape index (κ3) is 3.72. The number of hydrogen-bond donors (Lipinski definition) is 0. The molecule has 1 heterocycles. The van der Waals surface area contributed by atoms with E-state index in [1.54, 1.807) is 0 Å². The van der Waals surface area contributed by atoms with Gasteiger partial charge in [0, 0.05) is 17.0 Å². The molecule has 0 fully saturated rings. The number of benzene rings is 7. The number of allylic oxidation sites excluding steroid dienone is 2. The first-order chi connectivity index (χ1) is 21.3. The van der Waals surface area contributed by atoms with E-state index in [0.29, 0.717) is 0 Å². The highest BCUT2D eigenvalue weighted by atomic mass is 16.5. The van der Waals surface area contributed by atoms with E-state index in [-0.39, 0.29) is 12.0 Å². The minimum absolute atomic E-state index is 0.0684. The van der Waals surface area contributed by atoms with Crippen LogP contribution in [0, 0.1) is 0 Å². The maximum absolute atomic E-state index is 6.54. The van der Waals surface area contributed by atoms with Crippen LogP contribution in [0.15, 0.2) is 158 Å². The van der Waals surface area contributed by atoms with Crippen molar-refractivity contribution in [1.82, 2.24) is 0 Å². The van der Waals surface area contributed by atoms with Crippen molar-refractivity contribution in [3.63, 3.8) is 0 Å². The molecular weight excluding hydrogens is 520 g/mol. The van der Waals surface area contributed by atoms with Gasteiger partial charge >= 0.3 is 0 Å². The van der Waals surface area contributed by atoms with Gasteiger partial charge in [0.25, 0.3) is 0 Å². The summed E-state index contributed by atoms with van der Waals surface area (Å²) in [6.45, 7) is 0. The van der Waals surface area contributed by atoms with Crippen molar-refractivity contribution in [3.8, 4) is 39.1 Å². The molecule has 0 bridgehead atoms. The van der Waals surface area contributed by atoms with Gasteiger partial charge in [0.2, 0.25) is 0 Å². The van der Waals surface area contributed by atoms with Gasteiger partial charge in [-0.25, -0.2) is 0 Å². The van der Waals surface area contributed by atoms with Crippen molar-refractivity contribution in [2.45, 2.75) is 12.0 Å². The zero-order valence-electron chi connectivity index (χ0n) is 23.6. The lowest BCUT2D eigenvalue weighted by atomic mass is 9.84. The van der Waals surface area contributed by atoms with E-state index in [1.807, 2.05) is 0 Å². The SMILES string of the molecule is C1=CC2Oc3c(-c4cccc(-c5c6ccccc6c(-c6cccc7ccccc67)c6ccccc56)c4)cccc3C2C=C1. The first kappa shape index (κ1) is 24.2. The minimum atomic E-state index is 0.0684. The van der Waals surface area contributed by atoms with Gasteiger partial charge in [-0.05, 0) is 72.3 Å². The Bertz CT molecular complexity index is 2220. The first-order valence-electron chi connectivity index (χ1n) is 15.0. The Labute approximate surface area is 251 Å². The molecule has 9 rings (SSSR count). The minimum Gasteiger partial charge on any atom is -0.484 e. The zero-order valence-corrected chi connectivity index (χ0v) is 23.6. The quantitative estimate of drug-likeness (QED) is 0.200. The molecule has 1 aliphatic carbocycles. The molecule has 0 amide bonds. The van der Waals surface area contributed by atoms with E-state index in [2.05, 4.69) is 158 Å². The van der Waals surface area contributed by atoms with E-state index in [0.717, 1.165) is 11.3 Å². The van der Waals surface area contributed by atoms with Crippen LogP contribution in [-0.4, -0.2) is 6.10 Å². The van der Waals surface area contributed by atoms with Gasteiger partial charge in [-0.1, -0.05) is 146 Å². The van der Waals surface area contributed by atoms with Gasteiger partial charge in [-0.15, -0.1) is 0 Å². The molecule has 2 unspecified atom stereocenters. The highest BCUT2D eigenvalue weighted by Crippen LogP contribution is 2.48. The van der Waals surface area contributed by atoms with E-state index in [9.17, 15) is 0 Å². The summed E-state index contributed by atoms with van der Waals surface area (Å²) in [5, 5.41) is 7.59. The van der Waals surface area contributed by atoms with Gasteiger partial charge in [0.15, 0.2) is 0 Å². The Kier molecular flexibility index (Phi) is 5.39. The normalized spacial score (nSPS) is 16.8. The van der Waals surface area contributed by atoms with Crippen LogP contribution in [0.1, 0.15) is 11.5 Å². The molecule has 2 aliphatic rings. The molecule has 1 nitrogen and oxygen atoms in total. The largest absolute Gasteiger partial charge is 0.484 e. The van der Waals surface area contributed by atoms with Gasteiger partial charge in [-0.2, -0.15) is 0 Å². The Balaban J connectivity index is 1.29. The average molecular weight is 549 g/mol. The van der Waals surface area contributed by atoms with Crippen LogP contribution in [0.2, 0.25) is 0 Å². The van der Waals surface area contributed by atoms with Crippen molar-refractivity contribution in [1.29, 1.82) is 0 Å². The summed E-state index contributed by atoms with van der Waals surface area (Å²) in [6, 6.07) is 48.7. The number of ether oxygens (including phenoxy) is 1. The maximum atomic E-state index is 6.54. The lowest BCUT2D eigenvalue weighted by Crippen LogP contribution is -2.15. The standard InChI is InChI=1S/C42H28O/c1-2-16-30-27(12-1)13-10-23-33(30)41-36-20-5-3-18-34(36)40(35-19-4-6-21-37(35)41)29-15-9-14-28(26-29)31-22-11-24-38-32-17-7-8-25-39(32)43-42(31)38/h1-26,32,39H. The highest BCUT2D eigenvalue weighted by Gasteiger charge is 2.33. The Hall–Kier alpha value is -5.40. The zero-order chi connectivity index (χ0) is 28.3. The van der Waals surface area contributed by atoms with Crippen molar-refractivity contribution in [2.24, 2.45) is 0 Å². The molecule has 0 saturated heterocycles. The van der Waals surface area contributed by atoms with Gasteiger partial charge in [-0.3, -0.25) is 0 Å². The fourth-order valence-electron chi connectivity index (χ4n) is 7.31. The second-order valence-corrected chi connectivity index (χ2v) is 11.6. The molecular formula is C42H28O. The smallest absolute Gasteiger partial charge is 0.132 e. The van der Waals surface area contributed by atoms with E-state index in [4.69, 9.17) is 4.74 Å². The number of fused-ring (bicyclic) bond motifs is 6. The van der Waals surface area contributed by atoms with Crippen LogP contribution in [0.4, 0.5) is 0 Å². The van der Waals surface area contributed by atoms with Gasteiger partial charge in [0.05, 0.1) is 0 Å². The summed E-state index contributed by atoms with van der Waals surface area (Å²) in [5.74, 6) is 1.28. The van der Waals surface area contributed by atoms with E-state index in [1.165, 1.54) is 65.7 Å². The van der Waals surface area contributed by atoms with Crippen molar-refractivity contribution in [3.05, 3.63) is 163 Å². The molecule has 2 atom stereocenters. The summed E-state index contributed by atoms with van der Waals surface area (Å²) in [6.07, 6.45) is 8.71. The van der Waals surface area contributed by atoms with Crippen LogP contribution < -0.4 is 4.74 Å². The molecule has 0 saturated carbocycles. The van der Waals surface area contributed by atoms with Crippen LogP contribution in [-0.2, 0) is 0 Å². The predicted octanol–water partition coefficient (Wildman–Crippen LogP) is 11.1. The third-order valence-electron chi connectivity index (χ3n) is 9.20. The lowest BCUT2D eigenvalue weighted by molar-refractivity contribution is 0.270. The second-order valence-electron chi connectivity index (χ2n) is 11.6. The summed E-state index contributed by atoms with van der Waals surface area (Å²) in [4.78, 5) is 0. The fourth-order valence-corrected chi connectivity index (χ4v) is 7.31. The molecule has 1 heteroatoms. The number of para-hydroxylation sites is 1. The van der Waals surface area contributed by atoms with E-state index >= 15 is 0 Å². The molecule has 0 N–H and O–H groups in total. The molecule has 43 heavy (non-hydrogen) atoms. The third-order valence-corrected chi connectivity index (χ3v) is 9.20. The van der Waals surface area contributed by atoms with Crippen molar-refractivity contribution in [2.75, 3.05) is 0 Å². The topological polar surface area (TPSA) is 9.23 Å². The monoisotopic (exact) mass is 548 g/mol. The fraction of sp³-hybridized carbons (Fsp3) is 0.0476. The number of hydrogen-bond acceptors (Lipinski definition) is 1. The molecule has 202 valence electrons. The summed E-state index contributed by atoms with van der Waals surface area (Å²) < 4.78 is 6.54. The summed E-state index contributed by atoms with van der Waals surface area (Å²) in [5.41, 5.74) is 8.63. The Morgan fingerprint density at radius 3 is 1.81 bits per heavy atom. The molecule has 7 aromatic rings. The molecule has 0 spiro atoms. The Morgan fingerprint density at radius 1 is 0.442 bits per heavy atom. The molecule has 1 aliphatic heterocycles. The number of rotatable bonds is 3. The lowest BCUT2D eigenvalue weighted by Gasteiger charge is -2.19. The van der Waals surface area contributed by atoms with Crippen molar-refractivity contribution < 1.29 is 4.74 Å². The molecule has 0 aromatic heterocycles. The van der Waals surface area contributed by atoms with E-state index < -0.39 is 0 Å². The van der Waals surface area contributed by atoms with Crippen LogP contribution in [0.5, 0.6) is 5.75 Å². The van der Waals surface area contributed by atoms with Crippen LogP contribution in [0.3, 0.4) is 0 Å². The first-order valence-corrected chi connectivity index (χ1v) is 15.0. The molecule has 0 radical (unpaired) electrons. The highest BCUT2D eigenvalue weighted by molar-refractivity contribution is 6.23. The van der Waals surface area contributed by atoms with Gasteiger partial charge in [0.1, 0.15) is 11.9 Å². The second kappa shape index (κ2) is 9.58. The predicted molar refractivity (Wildman–Crippen MR) is 181 cm³/mol. The maximum Gasteiger partial charge on any atom is 0.132 e. The summed E-state index contributed by atoms with van der Waals surface area (Å²) in [7, 11) is 0. The van der Waals surface area contributed by atoms with Crippen molar-refractivity contribution >= 4 is 32.3 Å². The summed E-state index contributed by atoms with van der Waals surface area (Å²) >= 11 is 0. The molecule has 7 aromatic carbocycles. The van der Waals surface area contributed by atoms with Gasteiger partial charge < -0.3 is 4.74 Å². The van der Waals surface area contributed by atoms with Crippen LogP contribution >= 0.6 is 0 Å².